The molecule has 0 bridgehead atoms. The lowest BCUT2D eigenvalue weighted by atomic mass is 10.1. The third kappa shape index (κ3) is 3.75. The van der Waals surface area contributed by atoms with Gasteiger partial charge < -0.3 is 19.8 Å². The maximum atomic E-state index is 12.5. The summed E-state index contributed by atoms with van der Waals surface area (Å²) < 4.78 is 11.2. The average Bonchev–Trinajstić information content (AvgIpc) is 3.19. The number of ketones is 1. The van der Waals surface area contributed by atoms with Crippen molar-refractivity contribution in [1.82, 2.24) is 0 Å². The quantitative estimate of drug-likeness (QED) is 0.653. The van der Waals surface area contributed by atoms with E-state index in [1.54, 1.807) is 61.5 Å². The van der Waals surface area contributed by atoms with Gasteiger partial charge in [0.1, 0.15) is 11.5 Å². The zero-order chi connectivity index (χ0) is 20.5. The van der Waals surface area contributed by atoms with Crippen LogP contribution in [0.3, 0.4) is 0 Å². The summed E-state index contributed by atoms with van der Waals surface area (Å²) in [5.74, 6) is 0.523. The fourth-order valence-electron chi connectivity index (χ4n) is 2.96. The first kappa shape index (κ1) is 18.5. The van der Waals surface area contributed by atoms with Crippen LogP contribution in [0.5, 0.6) is 5.75 Å². The van der Waals surface area contributed by atoms with E-state index in [2.05, 4.69) is 10.6 Å². The summed E-state index contributed by atoms with van der Waals surface area (Å²) in [6, 6.07) is 15.2. The van der Waals surface area contributed by atoms with Crippen LogP contribution >= 0.6 is 0 Å². The summed E-state index contributed by atoms with van der Waals surface area (Å²) >= 11 is 0. The van der Waals surface area contributed by atoms with Crippen molar-refractivity contribution in [3.63, 3.8) is 0 Å². The molecule has 0 saturated heterocycles. The van der Waals surface area contributed by atoms with Crippen LogP contribution in [0.2, 0.25) is 0 Å². The van der Waals surface area contributed by atoms with Gasteiger partial charge in [-0.15, -0.1) is 0 Å². The predicted octanol–water partition coefficient (Wildman–Crippen LogP) is 4.12. The van der Waals surface area contributed by atoms with E-state index in [0.717, 1.165) is 5.56 Å². The first-order valence-corrected chi connectivity index (χ1v) is 9.05. The lowest BCUT2D eigenvalue weighted by Crippen LogP contribution is -2.34. The maximum Gasteiger partial charge on any atom is 0.291 e. The third-order valence-corrected chi connectivity index (χ3v) is 4.57. The summed E-state index contributed by atoms with van der Waals surface area (Å²) in [5, 5.41) is 5.48. The van der Waals surface area contributed by atoms with Crippen LogP contribution in [0.15, 0.2) is 59.0 Å². The molecule has 0 fully saturated rings. The molecule has 146 valence electrons. The highest BCUT2D eigenvalue weighted by Crippen LogP contribution is 2.32. The minimum absolute atomic E-state index is 0.0165. The molecule has 7 nitrogen and oxygen atoms in total. The Balaban J connectivity index is 1.49. The molecular weight excluding hydrogens is 372 g/mol. The molecule has 2 aromatic carbocycles. The highest BCUT2D eigenvalue weighted by Gasteiger charge is 2.24. The molecule has 2 N–H and O–H groups in total. The van der Waals surface area contributed by atoms with Crippen LogP contribution in [0.25, 0.3) is 11.3 Å². The number of carbonyl (C=O) groups is 3. The van der Waals surface area contributed by atoms with Gasteiger partial charge in [0.05, 0.1) is 5.69 Å². The van der Waals surface area contributed by atoms with E-state index in [4.69, 9.17) is 9.15 Å². The van der Waals surface area contributed by atoms with E-state index in [1.165, 1.54) is 6.92 Å². The van der Waals surface area contributed by atoms with Crippen LogP contribution in [-0.2, 0) is 4.79 Å². The number of anilines is 2. The van der Waals surface area contributed by atoms with E-state index in [-0.39, 0.29) is 17.5 Å². The fraction of sp³-hybridized carbons (Fsp3) is 0.136. The van der Waals surface area contributed by atoms with Crippen molar-refractivity contribution in [3.8, 4) is 17.1 Å². The number of benzene rings is 2. The molecule has 1 aliphatic heterocycles. The van der Waals surface area contributed by atoms with Crippen LogP contribution in [0.4, 0.5) is 11.4 Å². The van der Waals surface area contributed by atoms with Gasteiger partial charge in [0, 0.05) is 16.8 Å². The molecule has 29 heavy (non-hydrogen) atoms. The number of ether oxygens (including phenoxy) is 1. The number of amides is 2. The molecule has 2 amide bonds. The number of Topliss-reactive ketones (excluding diaryl/α,β-unsaturated/α-hetero) is 1. The SMILES string of the molecule is CC(=O)c1ccc(-c2ccc(C(=O)Nc3ccc4c(c3)NC(=O)[C@@H](C)O4)o2)cc1. The van der Waals surface area contributed by atoms with Crippen LogP contribution in [0.1, 0.15) is 34.8 Å². The molecule has 2 heterocycles. The van der Waals surface area contributed by atoms with E-state index in [9.17, 15) is 14.4 Å². The fourth-order valence-corrected chi connectivity index (χ4v) is 2.96. The first-order chi connectivity index (χ1) is 13.9. The van der Waals surface area contributed by atoms with Crippen LogP contribution in [0, 0.1) is 0 Å². The van der Waals surface area contributed by atoms with Crippen molar-refractivity contribution in [3.05, 3.63) is 65.9 Å². The van der Waals surface area contributed by atoms with Gasteiger partial charge in [-0.05, 0) is 44.2 Å². The molecule has 3 aromatic rings. The van der Waals surface area contributed by atoms with E-state index in [1.807, 2.05) is 0 Å². The Morgan fingerprint density at radius 1 is 1.03 bits per heavy atom. The zero-order valence-corrected chi connectivity index (χ0v) is 15.8. The lowest BCUT2D eigenvalue weighted by molar-refractivity contribution is -0.122. The molecule has 0 saturated carbocycles. The van der Waals surface area contributed by atoms with Crippen molar-refractivity contribution in [2.75, 3.05) is 10.6 Å². The zero-order valence-electron chi connectivity index (χ0n) is 15.8. The minimum Gasteiger partial charge on any atom is -0.479 e. The lowest BCUT2D eigenvalue weighted by Gasteiger charge is -2.23. The Hall–Kier alpha value is -3.87. The average molecular weight is 390 g/mol. The molecule has 0 aliphatic carbocycles. The molecular formula is C22H18N2O5. The van der Waals surface area contributed by atoms with Crippen molar-refractivity contribution in [2.45, 2.75) is 20.0 Å². The van der Waals surface area contributed by atoms with Crippen molar-refractivity contribution >= 4 is 29.0 Å². The molecule has 4 rings (SSSR count). The molecule has 1 aliphatic rings. The Morgan fingerprint density at radius 3 is 2.52 bits per heavy atom. The Bertz CT molecular complexity index is 1110. The summed E-state index contributed by atoms with van der Waals surface area (Å²) in [6.07, 6.45) is -0.561. The van der Waals surface area contributed by atoms with Gasteiger partial charge in [-0.25, -0.2) is 0 Å². The van der Waals surface area contributed by atoms with Crippen molar-refractivity contribution in [2.24, 2.45) is 0 Å². The van der Waals surface area contributed by atoms with E-state index < -0.39 is 12.0 Å². The number of rotatable bonds is 4. The van der Waals surface area contributed by atoms with Gasteiger partial charge in [-0.1, -0.05) is 24.3 Å². The van der Waals surface area contributed by atoms with Crippen molar-refractivity contribution in [1.29, 1.82) is 0 Å². The second-order valence-electron chi connectivity index (χ2n) is 6.71. The first-order valence-electron chi connectivity index (χ1n) is 9.05. The molecule has 1 aromatic heterocycles. The van der Waals surface area contributed by atoms with Gasteiger partial charge in [0.25, 0.3) is 11.8 Å². The topological polar surface area (TPSA) is 97.6 Å². The molecule has 7 heteroatoms. The Labute approximate surface area is 166 Å². The Morgan fingerprint density at radius 2 is 1.79 bits per heavy atom. The third-order valence-electron chi connectivity index (χ3n) is 4.57. The number of hydrogen-bond acceptors (Lipinski definition) is 5. The second kappa shape index (κ2) is 7.27. The summed E-state index contributed by atoms with van der Waals surface area (Å²) in [5.41, 5.74) is 2.36. The van der Waals surface area contributed by atoms with Gasteiger partial charge in [0.15, 0.2) is 17.6 Å². The van der Waals surface area contributed by atoms with Gasteiger partial charge >= 0.3 is 0 Å². The van der Waals surface area contributed by atoms with Gasteiger partial charge in [-0.3, -0.25) is 14.4 Å². The Kier molecular flexibility index (Phi) is 4.64. The number of fused-ring (bicyclic) bond motifs is 1. The normalized spacial score (nSPS) is 15.1. The number of furan rings is 1. The van der Waals surface area contributed by atoms with E-state index in [0.29, 0.717) is 28.4 Å². The van der Waals surface area contributed by atoms with Crippen molar-refractivity contribution < 1.29 is 23.5 Å². The largest absolute Gasteiger partial charge is 0.479 e. The highest BCUT2D eigenvalue weighted by atomic mass is 16.5. The molecule has 0 unspecified atom stereocenters. The number of carbonyl (C=O) groups excluding carboxylic acids is 3. The molecule has 0 spiro atoms. The van der Waals surface area contributed by atoms with Gasteiger partial charge in [-0.2, -0.15) is 0 Å². The summed E-state index contributed by atoms with van der Waals surface area (Å²) in [7, 11) is 0. The molecule has 1 atom stereocenters. The smallest absolute Gasteiger partial charge is 0.291 e. The monoisotopic (exact) mass is 390 g/mol. The van der Waals surface area contributed by atoms with Crippen LogP contribution in [-0.4, -0.2) is 23.7 Å². The number of nitrogens with one attached hydrogen (secondary N) is 2. The number of hydrogen-bond donors (Lipinski definition) is 2. The van der Waals surface area contributed by atoms with Crippen LogP contribution < -0.4 is 15.4 Å². The summed E-state index contributed by atoms with van der Waals surface area (Å²) in [4.78, 5) is 35.6. The predicted molar refractivity (Wildman–Crippen MR) is 107 cm³/mol. The second-order valence-corrected chi connectivity index (χ2v) is 6.71. The standard InChI is InChI=1S/C22H18N2O5/c1-12(25)14-3-5-15(6-4-14)18-9-10-20(29-18)22(27)23-16-7-8-19-17(11-16)24-21(26)13(2)28-19/h3-11,13H,1-2H3,(H,23,27)(H,24,26)/t13-/m1/s1. The van der Waals surface area contributed by atoms with E-state index >= 15 is 0 Å². The maximum absolute atomic E-state index is 12.5. The highest BCUT2D eigenvalue weighted by molar-refractivity contribution is 6.04. The molecule has 0 radical (unpaired) electrons. The summed E-state index contributed by atoms with van der Waals surface area (Å²) in [6.45, 7) is 3.17. The van der Waals surface area contributed by atoms with Gasteiger partial charge in [0.2, 0.25) is 0 Å². The minimum atomic E-state index is -0.561.